The third-order valence-corrected chi connectivity index (χ3v) is 5.64. The number of nitrogens with one attached hydrogen (secondary N) is 2. The molecule has 1 spiro atoms. The second kappa shape index (κ2) is 6.48. The zero-order valence-electron chi connectivity index (χ0n) is 15.5. The van der Waals surface area contributed by atoms with E-state index >= 15 is 0 Å². The van der Waals surface area contributed by atoms with Gasteiger partial charge in [0.1, 0.15) is 17.0 Å². The lowest BCUT2D eigenvalue weighted by atomic mass is 9.72. The van der Waals surface area contributed by atoms with Crippen LogP contribution in [0.15, 0.2) is 48.7 Å². The van der Waals surface area contributed by atoms with Gasteiger partial charge in [0, 0.05) is 12.0 Å². The Bertz CT molecular complexity index is 1240. The number of hydrogen-bond acceptors (Lipinski definition) is 4. The summed E-state index contributed by atoms with van der Waals surface area (Å²) in [5, 5.41) is 10.1. The maximum absolute atomic E-state index is 13.1. The fraction of sp³-hybridized carbons (Fsp3) is 0.150. The van der Waals surface area contributed by atoms with Gasteiger partial charge in [0.05, 0.1) is 22.6 Å². The molecule has 3 heterocycles. The van der Waals surface area contributed by atoms with Gasteiger partial charge in [-0.2, -0.15) is 5.10 Å². The second-order valence-electron chi connectivity index (χ2n) is 7.11. The van der Waals surface area contributed by atoms with E-state index in [-0.39, 0.29) is 12.2 Å². The average Bonchev–Trinajstić information content (AvgIpc) is 3.23. The number of anilines is 2. The van der Waals surface area contributed by atoms with Crippen molar-refractivity contribution in [3.05, 3.63) is 64.8 Å². The maximum Gasteiger partial charge on any atom is 0.573 e. The van der Waals surface area contributed by atoms with Gasteiger partial charge in [-0.25, -0.2) is 4.68 Å². The number of benzene rings is 2. The van der Waals surface area contributed by atoms with Crippen LogP contribution in [-0.4, -0.2) is 28.0 Å². The first kappa shape index (κ1) is 19.4. The number of carbonyl (C=O) groups excluding carboxylic acids is 2. The number of nitrogens with zero attached hydrogens (tertiary/aromatic N) is 2. The Morgan fingerprint density at radius 1 is 1.06 bits per heavy atom. The molecule has 0 radical (unpaired) electrons. The summed E-state index contributed by atoms with van der Waals surface area (Å²) in [5.41, 5.74) is 0.528. The van der Waals surface area contributed by atoms with Crippen molar-refractivity contribution in [1.29, 1.82) is 0 Å². The SMILES string of the molecule is O=C1C[C@]2(C(=O)Nc3c(Cl)cccc32)c2cnn(-c3ccc(OC(F)(F)F)cc3)c2N1. The van der Waals surface area contributed by atoms with Crippen molar-refractivity contribution in [2.75, 3.05) is 10.6 Å². The van der Waals surface area contributed by atoms with Gasteiger partial charge in [-0.3, -0.25) is 9.59 Å². The Balaban J connectivity index is 1.62. The number of amides is 2. The van der Waals surface area contributed by atoms with Crippen LogP contribution in [0.2, 0.25) is 5.02 Å². The molecule has 0 unspecified atom stereocenters. The van der Waals surface area contributed by atoms with Crippen molar-refractivity contribution in [2.24, 2.45) is 0 Å². The van der Waals surface area contributed by atoms with E-state index < -0.39 is 29.3 Å². The summed E-state index contributed by atoms with van der Waals surface area (Å²) >= 11 is 6.23. The summed E-state index contributed by atoms with van der Waals surface area (Å²) in [6.45, 7) is 0. The molecule has 0 aliphatic carbocycles. The minimum Gasteiger partial charge on any atom is -0.406 e. The number of ether oxygens (including phenoxy) is 1. The minimum absolute atomic E-state index is 0.136. The van der Waals surface area contributed by atoms with Gasteiger partial charge in [0.15, 0.2) is 0 Å². The van der Waals surface area contributed by atoms with Gasteiger partial charge in [0.2, 0.25) is 11.8 Å². The molecule has 0 saturated carbocycles. The molecule has 1 atom stereocenters. The van der Waals surface area contributed by atoms with Gasteiger partial charge in [-0.1, -0.05) is 23.7 Å². The van der Waals surface area contributed by atoms with Crippen molar-refractivity contribution in [2.45, 2.75) is 18.2 Å². The van der Waals surface area contributed by atoms with E-state index in [2.05, 4.69) is 20.5 Å². The first-order chi connectivity index (χ1) is 14.7. The molecule has 0 saturated heterocycles. The number of rotatable bonds is 2. The van der Waals surface area contributed by atoms with Crippen molar-refractivity contribution >= 4 is 34.9 Å². The second-order valence-corrected chi connectivity index (χ2v) is 7.51. The van der Waals surface area contributed by atoms with Crippen molar-refractivity contribution in [3.8, 4) is 11.4 Å². The van der Waals surface area contributed by atoms with Gasteiger partial charge in [-0.15, -0.1) is 13.2 Å². The Kier molecular flexibility index (Phi) is 4.06. The number of fused-ring (bicyclic) bond motifs is 4. The molecule has 1 aromatic heterocycles. The number of halogens is 4. The normalized spacial score (nSPS) is 19.6. The van der Waals surface area contributed by atoms with Crippen molar-refractivity contribution in [1.82, 2.24) is 9.78 Å². The standard InChI is InChI=1S/C20H12ClF3N4O3/c21-14-3-1-2-12-16(14)27-18(30)19(12)8-15(29)26-17-13(19)9-25-28(17)10-4-6-11(7-5-10)31-20(22,23)24/h1-7,9H,8H2,(H,26,29)(H,27,30)/t19-/m1/s1. The first-order valence-electron chi connectivity index (χ1n) is 9.04. The van der Waals surface area contributed by atoms with Gasteiger partial charge in [-0.05, 0) is 35.9 Å². The number of aromatic nitrogens is 2. The highest BCUT2D eigenvalue weighted by molar-refractivity contribution is 6.35. The molecule has 11 heteroatoms. The highest BCUT2D eigenvalue weighted by Crippen LogP contribution is 2.51. The Morgan fingerprint density at radius 3 is 2.52 bits per heavy atom. The number of carbonyl (C=O) groups is 2. The van der Waals surface area contributed by atoms with Crippen LogP contribution in [0.4, 0.5) is 24.7 Å². The molecule has 5 rings (SSSR count). The molecule has 2 amide bonds. The number of hydrogen-bond donors (Lipinski definition) is 2. The number of para-hydroxylation sites is 1. The quantitative estimate of drug-likeness (QED) is 0.620. The zero-order chi connectivity index (χ0) is 22.0. The molecular formula is C20H12ClF3N4O3. The van der Waals surface area contributed by atoms with Crippen LogP contribution in [0.1, 0.15) is 17.5 Å². The molecule has 2 aliphatic heterocycles. The van der Waals surface area contributed by atoms with Gasteiger partial charge >= 0.3 is 6.36 Å². The molecule has 2 aliphatic rings. The minimum atomic E-state index is -4.81. The Labute approximate surface area is 177 Å². The fourth-order valence-corrected chi connectivity index (χ4v) is 4.29. The fourth-order valence-electron chi connectivity index (χ4n) is 4.07. The van der Waals surface area contributed by atoms with Crippen LogP contribution >= 0.6 is 11.6 Å². The van der Waals surface area contributed by atoms with Crippen LogP contribution in [0, 0.1) is 0 Å². The van der Waals surface area contributed by atoms with Crippen LogP contribution in [0.5, 0.6) is 5.75 Å². The third kappa shape index (κ3) is 2.94. The van der Waals surface area contributed by atoms with Crippen LogP contribution in [0.3, 0.4) is 0 Å². The summed E-state index contributed by atoms with van der Waals surface area (Å²) in [4.78, 5) is 25.7. The molecule has 7 nitrogen and oxygen atoms in total. The Hall–Kier alpha value is -3.53. The van der Waals surface area contributed by atoms with E-state index in [0.29, 0.717) is 27.5 Å². The van der Waals surface area contributed by atoms with E-state index in [1.165, 1.54) is 23.0 Å². The Morgan fingerprint density at radius 2 is 1.81 bits per heavy atom. The highest BCUT2D eigenvalue weighted by atomic mass is 35.5. The number of alkyl halides is 3. The topological polar surface area (TPSA) is 85.2 Å². The summed E-state index contributed by atoms with van der Waals surface area (Å²) in [6, 6.07) is 10.0. The summed E-state index contributed by atoms with van der Waals surface area (Å²) in [6.07, 6.45) is -3.48. The lowest BCUT2D eigenvalue weighted by Gasteiger charge is -2.31. The smallest absolute Gasteiger partial charge is 0.406 e. The largest absolute Gasteiger partial charge is 0.573 e. The van der Waals surface area contributed by atoms with E-state index in [1.54, 1.807) is 18.2 Å². The molecule has 31 heavy (non-hydrogen) atoms. The predicted molar refractivity (Wildman–Crippen MR) is 104 cm³/mol. The summed E-state index contributed by atoms with van der Waals surface area (Å²) in [7, 11) is 0. The monoisotopic (exact) mass is 448 g/mol. The lowest BCUT2D eigenvalue weighted by molar-refractivity contribution is -0.274. The maximum atomic E-state index is 13.1. The summed E-state index contributed by atoms with van der Waals surface area (Å²) in [5.74, 6) is -0.949. The average molecular weight is 449 g/mol. The molecule has 0 bridgehead atoms. The molecule has 0 fully saturated rings. The summed E-state index contributed by atoms with van der Waals surface area (Å²) < 4.78 is 42.4. The van der Waals surface area contributed by atoms with E-state index in [0.717, 1.165) is 12.1 Å². The molecule has 158 valence electrons. The van der Waals surface area contributed by atoms with Crippen LogP contribution in [0.25, 0.3) is 5.69 Å². The van der Waals surface area contributed by atoms with Crippen LogP contribution in [-0.2, 0) is 15.0 Å². The van der Waals surface area contributed by atoms with Crippen molar-refractivity contribution in [3.63, 3.8) is 0 Å². The van der Waals surface area contributed by atoms with Gasteiger partial charge in [0.25, 0.3) is 0 Å². The van der Waals surface area contributed by atoms with E-state index in [4.69, 9.17) is 11.6 Å². The molecular weight excluding hydrogens is 437 g/mol. The van der Waals surface area contributed by atoms with Crippen molar-refractivity contribution < 1.29 is 27.5 Å². The highest BCUT2D eigenvalue weighted by Gasteiger charge is 2.54. The zero-order valence-corrected chi connectivity index (χ0v) is 16.2. The molecule has 2 aromatic carbocycles. The van der Waals surface area contributed by atoms with Crippen LogP contribution < -0.4 is 15.4 Å². The third-order valence-electron chi connectivity index (χ3n) is 5.33. The predicted octanol–water partition coefficient (Wildman–Crippen LogP) is 4.00. The van der Waals surface area contributed by atoms with Gasteiger partial charge < -0.3 is 15.4 Å². The molecule has 2 N–H and O–H groups in total. The first-order valence-corrected chi connectivity index (χ1v) is 9.42. The lowest BCUT2D eigenvalue weighted by Crippen LogP contribution is -2.43. The van der Waals surface area contributed by atoms with E-state index in [9.17, 15) is 22.8 Å². The van der Waals surface area contributed by atoms with E-state index in [1.807, 2.05) is 0 Å². The molecule has 3 aromatic rings.